The van der Waals surface area contributed by atoms with Gasteiger partial charge in [0, 0.05) is 13.1 Å². The van der Waals surface area contributed by atoms with Gasteiger partial charge in [0.2, 0.25) is 0 Å². The second-order valence-corrected chi connectivity index (χ2v) is 4.80. The highest BCUT2D eigenvalue weighted by Gasteiger charge is 2.36. The molecule has 1 saturated heterocycles. The number of amides is 4. The van der Waals surface area contributed by atoms with E-state index in [1.54, 1.807) is 27.7 Å². The lowest BCUT2D eigenvalue weighted by molar-refractivity contribution is 0.0541. The lowest BCUT2D eigenvalue weighted by Crippen LogP contribution is -2.54. The van der Waals surface area contributed by atoms with Crippen LogP contribution in [0.15, 0.2) is 0 Å². The van der Waals surface area contributed by atoms with Crippen LogP contribution in [0.5, 0.6) is 0 Å². The molecule has 0 bridgehead atoms. The molecule has 0 aromatic rings. The van der Waals surface area contributed by atoms with Gasteiger partial charge < -0.3 is 9.47 Å². The number of imide groups is 2. The van der Waals surface area contributed by atoms with Crippen molar-refractivity contribution in [3.63, 3.8) is 0 Å². The number of hydrogen-bond acceptors (Lipinski definition) is 5. The van der Waals surface area contributed by atoms with Crippen molar-refractivity contribution in [1.29, 1.82) is 0 Å². The summed E-state index contributed by atoms with van der Waals surface area (Å²) in [7, 11) is 0. The van der Waals surface area contributed by atoms with Crippen molar-refractivity contribution in [2.45, 2.75) is 46.3 Å². The maximum absolute atomic E-state index is 12.0. The van der Waals surface area contributed by atoms with E-state index in [1.807, 2.05) is 0 Å². The molecule has 0 N–H and O–H groups in total. The van der Waals surface area contributed by atoms with Crippen LogP contribution in [-0.4, -0.2) is 53.3 Å². The Kier molecular flexibility index (Phi) is 5.14. The molecule has 0 radical (unpaired) electrons. The fourth-order valence-corrected chi connectivity index (χ4v) is 1.59. The number of hydrogen-bond donors (Lipinski definition) is 0. The molecular formula is C12H20N2O5. The number of rotatable bonds is 2. The summed E-state index contributed by atoms with van der Waals surface area (Å²) < 4.78 is 9.91. The van der Waals surface area contributed by atoms with Gasteiger partial charge in [-0.15, -0.1) is 0 Å². The Hall–Kier alpha value is -1.79. The Morgan fingerprint density at radius 1 is 0.947 bits per heavy atom. The molecule has 1 rings (SSSR count). The summed E-state index contributed by atoms with van der Waals surface area (Å²) in [5.74, 6) is 0. The second kappa shape index (κ2) is 6.40. The van der Waals surface area contributed by atoms with Crippen molar-refractivity contribution in [2.24, 2.45) is 0 Å². The highest BCUT2D eigenvalue weighted by atomic mass is 16.6. The predicted octanol–water partition coefficient (Wildman–Crippen LogP) is 2.20. The first-order valence-corrected chi connectivity index (χ1v) is 6.33. The van der Waals surface area contributed by atoms with E-state index in [4.69, 9.17) is 9.47 Å². The van der Waals surface area contributed by atoms with Crippen molar-refractivity contribution >= 4 is 18.2 Å². The van der Waals surface area contributed by atoms with Crippen molar-refractivity contribution in [1.82, 2.24) is 9.80 Å². The molecule has 0 saturated carbocycles. The lowest BCUT2D eigenvalue weighted by atomic mass is 10.3. The molecule has 0 aromatic carbocycles. The third-order valence-electron chi connectivity index (χ3n) is 2.34. The largest absolute Gasteiger partial charge is 0.446 e. The van der Waals surface area contributed by atoms with Gasteiger partial charge >= 0.3 is 18.2 Å². The van der Waals surface area contributed by atoms with Crippen LogP contribution in [-0.2, 0) is 9.47 Å². The maximum atomic E-state index is 12.0. The number of nitrogens with zero attached hydrogens (tertiary/aromatic N) is 2. The smallest absolute Gasteiger partial charge is 0.418 e. The van der Waals surface area contributed by atoms with E-state index >= 15 is 0 Å². The number of carbonyl (C=O) groups excluding carboxylic acids is 3. The van der Waals surface area contributed by atoms with Gasteiger partial charge in [-0.2, -0.15) is 0 Å². The molecule has 19 heavy (non-hydrogen) atoms. The van der Waals surface area contributed by atoms with Crippen molar-refractivity contribution in [3.8, 4) is 0 Å². The summed E-state index contributed by atoms with van der Waals surface area (Å²) in [5, 5.41) is 0. The molecule has 1 heterocycles. The summed E-state index contributed by atoms with van der Waals surface area (Å²) in [4.78, 5) is 37.3. The van der Waals surface area contributed by atoms with Gasteiger partial charge in [-0.25, -0.2) is 24.2 Å². The van der Waals surface area contributed by atoms with Crippen LogP contribution in [0.4, 0.5) is 14.4 Å². The molecule has 0 aliphatic carbocycles. The molecule has 7 heteroatoms. The standard InChI is InChI=1S/C12H20N2O5/c1-8(2)18-11(16)13-6-5-7-14(10(13)15)12(17)19-9(3)4/h8-9H,5-7H2,1-4H3. The summed E-state index contributed by atoms with van der Waals surface area (Å²) >= 11 is 0. The lowest BCUT2D eigenvalue weighted by Gasteiger charge is -2.32. The van der Waals surface area contributed by atoms with E-state index in [0.29, 0.717) is 6.42 Å². The molecule has 0 aromatic heterocycles. The fourth-order valence-electron chi connectivity index (χ4n) is 1.59. The average molecular weight is 272 g/mol. The molecule has 1 fully saturated rings. The highest BCUT2D eigenvalue weighted by molar-refractivity contribution is 5.99. The third-order valence-corrected chi connectivity index (χ3v) is 2.34. The summed E-state index contributed by atoms with van der Waals surface area (Å²) in [6.07, 6.45) is -1.60. The van der Waals surface area contributed by atoms with Gasteiger partial charge in [0.1, 0.15) is 0 Å². The second-order valence-electron chi connectivity index (χ2n) is 4.80. The van der Waals surface area contributed by atoms with Crippen LogP contribution in [0.2, 0.25) is 0 Å². The number of carbonyl (C=O) groups is 3. The van der Waals surface area contributed by atoms with Crippen LogP contribution in [0, 0.1) is 0 Å². The van der Waals surface area contributed by atoms with Gasteiger partial charge in [0.25, 0.3) is 0 Å². The third kappa shape index (κ3) is 4.11. The Morgan fingerprint density at radius 3 is 1.63 bits per heavy atom. The van der Waals surface area contributed by atoms with Gasteiger partial charge in [-0.1, -0.05) is 0 Å². The van der Waals surface area contributed by atoms with E-state index in [0.717, 1.165) is 9.80 Å². The Labute approximate surface area is 112 Å². The van der Waals surface area contributed by atoms with Gasteiger partial charge in [0.15, 0.2) is 0 Å². The zero-order valence-corrected chi connectivity index (χ0v) is 11.7. The number of ether oxygens (including phenoxy) is 2. The maximum Gasteiger partial charge on any atom is 0.418 e. The van der Waals surface area contributed by atoms with Gasteiger partial charge in [-0.3, -0.25) is 0 Å². The summed E-state index contributed by atoms with van der Waals surface area (Å²) in [6.45, 7) is 7.26. The minimum absolute atomic E-state index is 0.246. The van der Waals surface area contributed by atoms with Gasteiger partial charge in [0.05, 0.1) is 12.2 Å². The highest BCUT2D eigenvalue weighted by Crippen LogP contribution is 2.13. The molecule has 4 amide bonds. The van der Waals surface area contributed by atoms with E-state index < -0.39 is 18.2 Å². The zero-order valence-electron chi connectivity index (χ0n) is 11.7. The Bertz CT molecular complexity index is 335. The van der Waals surface area contributed by atoms with Crippen LogP contribution < -0.4 is 0 Å². The SMILES string of the molecule is CC(C)OC(=O)N1CCCN(C(=O)OC(C)C)C1=O. The van der Waals surface area contributed by atoms with Crippen molar-refractivity contribution in [3.05, 3.63) is 0 Å². The fraction of sp³-hybridized carbons (Fsp3) is 0.750. The normalized spacial score (nSPS) is 16.0. The van der Waals surface area contributed by atoms with Crippen LogP contribution >= 0.6 is 0 Å². The topological polar surface area (TPSA) is 76.2 Å². The van der Waals surface area contributed by atoms with Crippen molar-refractivity contribution < 1.29 is 23.9 Å². The summed E-state index contributed by atoms with van der Waals surface area (Å²) in [6, 6.07) is -0.692. The molecular weight excluding hydrogens is 252 g/mol. The van der Waals surface area contributed by atoms with Crippen LogP contribution in [0.25, 0.3) is 0 Å². The zero-order chi connectivity index (χ0) is 14.6. The summed E-state index contributed by atoms with van der Waals surface area (Å²) in [5.41, 5.74) is 0. The molecule has 1 aliphatic rings. The minimum Gasteiger partial charge on any atom is -0.446 e. The van der Waals surface area contributed by atoms with Crippen molar-refractivity contribution in [2.75, 3.05) is 13.1 Å². The van der Waals surface area contributed by atoms with E-state index in [1.165, 1.54) is 0 Å². The monoisotopic (exact) mass is 272 g/mol. The first kappa shape index (κ1) is 15.3. The Balaban J connectivity index is 2.70. The molecule has 0 atom stereocenters. The number of urea groups is 1. The molecule has 1 aliphatic heterocycles. The Morgan fingerprint density at radius 2 is 1.32 bits per heavy atom. The predicted molar refractivity (Wildman–Crippen MR) is 66.7 cm³/mol. The molecule has 108 valence electrons. The molecule has 0 spiro atoms. The first-order valence-electron chi connectivity index (χ1n) is 6.33. The molecule has 7 nitrogen and oxygen atoms in total. The van der Waals surface area contributed by atoms with E-state index in [9.17, 15) is 14.4 Å². The minimum atomic E-state index is -0.734. The molecule has 0 unspecified atom stereocenters. The van der Waals surface area contributed by atoms with Crippen LogP contribution in [0.1, 0.15) is 34.1 Å². The quantitative estimate of drug-likeness (QED) is 0.770. The van der Waals surface area contributed by atoms with Gasteiger partial charge in [-0.05, 0) is 34.1 Å². The van der Waals surface area contributed by atoms with Crippen LogP contribution in [0.3, 0.4) is 0 Å². The van der Waals surface area contributed by atoms with E-state index in [2.05, 4.69) is 0 Å². The first-order chi connectivity index (χ1) is 8.82. The average Bonchev–Trinajstić information content (AvgIpc) is 2.26. The van der Waals surface area contributed by atoms with E-state index in [-0.39, 0.29) is 25.3 Å².